The predicted octanol–water partition coefficient (Wildman–Crippen LogP) is 1.28. The van der Waals surface area contributed by atoms with Gasteiger partial charge >= 0.3 is 0 Å². The van der Waals surface area contributed by atoms with Gasteiger partial charge in [0.1, 0.15) is 6.10 Å². The summed E-state index contributed by atoms with van der Waals surface area (Å²) in [6.07, 6.45) is 0.302. The minimum absolute atomic E-state index is 0.449. The minimum Gasteiger partial charge on any atom is -0.390 e. The number of nitrogens with zero attached hydrogens (tertiary/aromatic N) is 1. The number of nitrogens with one attached hydrogen (secondary N) is 1. The first kappa shape index (κ1) is 11.4. The largest absolute Gasteiger partial charge is 0.390 e. The number of hydrogen-bond donors (Lipinski definition) is 4. The van der Waals surface area contributed by atoms with Gasteiger partial charge in [-0.2, -0.15) is 12.6 Å². The standard InChI is InChI=1S/C11H14N2O2S/c14-9(4-5-16)11(15)7-2-1-3-8-10(7)13-6-12-8/h1-3,6,9,11,14-16H,4-5H2,(H,12,13). The topological polar surface area (TPSA) is 69.1 Å². The number of H-pyrrole nitrogens is 1. The molecule has 0 fully saturated rings. The van der Waals surface area contributed by atoms with E-state index in [0.717, 1.165) is 5.52 Å². The molecule has 5 heteroatoms. The zero-order valence-corrected chi connectivity index (χ0v) is 9.56. The van der Waals surface area contributed by atoms with E-state index in [1.54, 1.807) is 12.4 Å². The van der Waals surface area contributed by atoms with Crippen molar-refractivity contribution in [1.29, 1.82) is 0 Å². The Labute approximate surface area is 98.7 Å². The second kappa shape index (κ2) is 4.86. The molecule has 0 aliphatic heterocycles. The third-order valence-electron chi connectivity index (χ3n) is 2.59. The molecule has 2 aromatic rings. The van der Waals surface area contributed by atoms with Crippen molar-refractivity contribution in [3.63, 3.8) is 0 Å². The number of aliphatic hydroxyl groups excluding tert-OH is 2. The second-order valence-electron chi connectivity index (χ2n) is 3.67. The lowest BCUT2D eigenvalue weighted by atomic mass is 10.0. The number of para-hydroxylation sites is 1. The molecule has 0 spiro atoms. The number of rotatable bonds is 4. The van der Waals surface area contributed by atoms with Gasteiger partial charge in [0, 0.05) is 5.56 Å². The van der Waals surface area contributed by atoms with Gasteiger partial charge < -0.3 is 15.2 Å². The van der Waals surface area contributed by atoms with Gasteiger partial charge in [-0.15, -0.1) is 0 Å². The van der Waals surface area contributed by atoms with Gasteiger partial charge in [0.2, 0.25) is 0 Å². The van der Waals surface area contributed by atoms with Crippen molar-refractivity contribution in [3.05, 3.63) is 30.1 Å². The number of benzene rings is 1. The van der Waals surface area contributed by atoms with Crippen molar-refractivity contribution in [1.82, 2.24) is 9.97 Å². The summed E-state index contributed by atoms with van der Waals surface area (Å²) in [5.41, 5.74) is 2.20. The number of fused-ring (bicyclic) bond motifs is 1. The summed E-state index contributed by atoms with van der Waals surface area (Å²) in [6.45, 7) is 0. The monoisotopic (exact) mass is 238 g/mol. The van der Waals surface area contributed by atoms with E-state index in [1.807, 2.05) is 12.1 Å². The van der Waals surface area contributed by atoms with Gasteiger partial charge in [-0.05, 0) is 18.2 Å². The van der Waals surface area contributed by atoms with Crippen LogP contribution in [0, 0.1) is 0 Å². The molecule has 0 aliphatic rings. The Morgan fingerprint density at radius 2 is 2.19 bits per heavy atom. The summed E-state index contributed by atoms with van der Waals surface area (Å²) >= 11 is 4.04. The van der Waals surface area contributed by atoms with Gasteiger partial charge in [-0.1, -0.05) is 12.1 Å². The van der Waals surface area contributed by atoms with E-state index in [1.165, 1.54) is 0 Å². The van der Waals surface area contributed by atoms with Crippen molar-refractivity contribution in [2.24, 2.45) is 0 Å². The van der Waals surface area contributed by atoms with E-state index in [-0.39, 0.29) is 0 Å². The van der Waals surface area contributed by atoms with Gasteiger partial charge in [-0.3, -0.25) is 0 Å². The van der Waals surface area contributed by atoms with Crippen molar-refractivity contribution >= 4 is 23.7 Å². The van der Waals surface area contributed by atoms with Crippen molar-refractivity contribution in [2.45, 2.75) is 18.6 Å². The van der Waals surface area contributed by atoms with Gasteiger partial charge in [0.05, 0.1) is 23.5 Å². The van der Waals surface area contributed by atoms with E-state index in [4.69, 9.17) is 0 Å². The van der Waals surface area contributed by atoms with Crippen LogP contribution in [0.4, 0.5) is 0 Å². The third-order valence-corrected chi connectivity index (χ3v) is 2.85. The Balaban J connectivity index is 2.35. The fourth-order valence-corrected chi connectivity index (χ4v) is 1.99. The molecule has 0 saturated heterocycles. The molecule has 2 unspecified atom stereocenters. The van der Waals surface area contributed by atoms with Crippen LogP contribution in [0.25, 0.3) is 11.0 Å². The summed E-state index contributed by atoms with van der Waals surface area (Å²) < 4.78 is 0. The number of imidazole rings is 1. The maximum atomic E-state index is 10.00. The van der Waals surface area contributed by atoms with E-state index in [0.29, 0.717) is 23.3 Å². The fraction of sp³-hybridized carbons (Fsp3) is 0.364. The van der Waals surface area contributed by atoms with Crippen LogP contribution in [0.15, 0.2) is 24.5 Å². The highest BCUT2D eigenvalue weighted by atomic mass is 32.1. The van der Waals surface area contributed by atoms with Crippen LogP contribution >= 0.6 is 12.6 Å². The highest BCUT2D eigenvalue weighted by molar-refractivity contribution is 7.80. The van der Waals surface area contributed by atoms with Crippen LogP contribution in [0.3, 0.4) is 0 Å². The molecule has 0 radical (unpaired) electrons. The van der Waals surface area contributed by atoms with Gasteiger partial charge in [0.15, 0.2) is 0 Å². The summed E-state index contributed by atoms with van der Waals surface area (Å²) in [7, 11) is 0. The van der Waals surface area contributed by atoms with Crippen LogP contribution in [0.1, 0.15) is 18.1 Å². The predicted molar refractivity (Wildman–Crippen MR) is 65.5 cm³/mol. The van der Waals surface area contributed by atoms with Crippen molar-refractivity contribution < 1.29 is 10.2 Å². The molecule has 0 bridgehead atoms. The Morgan fingerprint density at radius 1 is 1.38 bits per heavy atom. The maximum Gasteiger partial charge on any atom is 0.107 e. The van der Waals surface area contributed by atoms with Crippen molar-refractivity contribution in [2.75, 3.05) is 5.75 Å². The molecule has 1 aromatic heterocycles. The summed E-state index contributed by atoms with van der Waals surface area (Å²) in [4.78, 5) is 7.10. The first-order chi connectivity index (χ1) is 7.74. The molecule has 1 aromatic carbocycles. The molecule has 2 rings (SSSR count). The molecule has 16 heavy (non-hydrogen) atoms. The Bertz CT molecular complexity index is 472. The van der Waals surface area contributed by atoms with Crippen LogP contribution in [-0.2, 0) is 0 Å². The van der Waals surface area contributed by atoms with Crippen LogP contribution in [-0.4, -0.2) is 32.0 Å². The van der Waals surface area contributed by atoms with Gasteiger partial charge in [-0.25, -0.2) is 4.98 Å². The smallest absolute Gasteiger partial charge is 0.107 e. The zero-order chi connectivity index (χ0) is 11.5. The maximum absolute atomic E-state index is 10.00. The summed E-state index contributed by atoms with van der Waals surface area (Å²) in [6, 6.07) is 5.48. The Morgan fingerprint density at radius 3 is 2.94 bits per heavy atom. The third kappa shape index (κ3) is 2.07. The molecule has 2 atom stereocenters. The molecule has 86 valence electrons. The Kier molecular flexibility index (Phi) is 3.48. The summed E-state index contributed by atoms with van der Waals surface area (Å²) in [5, 5.41) is 19.7. The van der Waals surface area contributed by atoms with E-state index >= 15 is 0 Å². The molecule has 4 nitrogen and oxygen atoms in total. The molecular weight excluding hydrogens is 224 g/mol. The normalized spacial score (nSPS) is 15.2. The highest BCUT2D eigenvalue weighted by Gasteiger charge is 2.20. The van der Waals surface area contributed by atoms with E-state index in [9.17, 15) is 10.2 Å². The fourth-order valence-electron chi connectivity index (χ4n) is 1.72. The number of aliphatic hydroxyl groups is 2. The number of thiol groups is 1. The molecule has 3 N–H and O–H groups in total. The second-order valence-corrected chi connectivity index (χ2v) is 4.12. The quantitative estimate of drug-likeness (QED) is 0.606. The average Bonchev–Trinajstić information content (AvgIpc) is 2.76. The van der Waals surface area contributed by atoms with E-state index in [2.05, 4.69) is 22.6 Å². The SMILES string of the molecule is OC(CCS)C(O)c1cccc2[nH]cnc12. The molecule has 1 heterocycles. The minimum atomic E-state index is -0.917. The van der Waals surface area contributed by atoms with Gasteiger partial charge in [0.25, 0.3) is 0 Å². The molecular formula is C11H14N2O2S. The lowest BCUT2D eigenvalue weighted by Gasteiger charge is -2.17. The van der Waals surface area contributed by atoms with E-state index < -0.39 is 12.2 Å². The average molecular weight is 238 g/mol. The summed E-state index contributed by atoms with van der Waals surface area (Å²) in [5.74, 6) is 0.536. The molecule has 0 saturated carbocycles. The number of aromatic nitrogens is 2. The number of aromatic amines is 1. The zero-order valence-electron chi connectivity index (χ0n) is 8.67. The van der Waals surface area contributed by atoms with Crippen LogP contribution in [0.2, 0.25) is 0 Å². The van der Waals surface area contributed by atoms with Crippen LogP contribution < -0.4 is 0 Å². The van der Waals surface area contributed by atoms with Crippen LogP contribution in [0.5, 0.6) is 0 Å². The first-order valence-corrected chi connectivity index (χ1v) is 5.76. The lowest BCUT2D eigenvalue weighted by Crippen LogP contribution is -2.18. The highest BCUT2D eigenvalue weighted by Crippen LogP contribution is 2.25. The molecule has 0 aliphatic carbocycles. The van der Waals surface area contributed by atoms with Crippen molar-refractivity contribution in [3.8, 4) is 0 Å². The lowest BCUT2D eigenvalue weighted by molar-refractivity contribution is 0.0180. The molecule has 0 amide bonds. The number of hydrogen-bond acceptors (Lipinski definition) is 4. The first-order valence-electron chi connectivity index (χ1n) is 5.13. The Hall–Kier alpha value is -1.04.